The molecule has 3 aromatic carbocycles. The summed E-state index contributed by atoms with van der Waals surface area (Å²) in [5.41, 5.74) is 2.36. The second-order valence-corrected chi connectivity index (χ2v) is 9.96. The summed E-state index contributed by atoms with van der Waals surface area (Å²) in [7, 11) is -3.03. The maximum absolute atomic E-state index is 12.5. The molecular formula is C23H25N3O3P+. The zero-order valence-corrected chi connectivity index (χ0v) is 17.4. The van der Waals surface area contributed by atoms with E-state index in [9.17, 15) is 14.8 Å². The lowest BCUT2D eigenvalue weighted by Crippen LogP contribution is -2.35. The molecule has 30 heavy (non-hydrogen) atoms. The maximum atomic E-state index is 12.5. The highest BCUT2D eigenvalue weighted by atomic mass is 31.2. The van der Waals surface area contributed by atoms with Crippen LogP contribution in [0.2, 0.25) is 0 Å². The molecule has 0 aliphatic carbocycles. The molecule has 1 unspecified atom stereocenters. The lowest BCUT2D eigenvalue weighted by molar-refractivity contribution is 0.194. The first-order chi connectivity index (χ1) is 14.6. The molecule has 3 N–H and O–H groups in total. The van der Waals surface area contributed by atoms with Crippen molar-refractivity contribution >= 4 is 25.3 Å². The van der Waals surface area contributed by atoms with Gasteiger partial charge in [-0.15, -0.1) is 0 Å². The van der Waals surface area contributed by atoms with Gasteiger partial charge in [0.25, 0.3) is 0 Å². The predicted molar refractivity (Wildman–Crippen MR) is 122 cm³/mol. The zero-order chi connectivity index (χ0) is 21.0. The summed E-state index contributed by atoms with van der Waals surface area (Å²) in [6, 6.07) is 29.4. The highest BCUT2D eigenvalue weighted by Gasteiger charge is 2.61. The molecule has 1 amide bonds. The van der Waals surface area contributed by atoms with Crippen LogP contribution in [-0.2, 0) is 0 Å². The summed E-state index contributed by atoms with van der Waals surface area (Å²) in [4.78, 5) is 23.8. The zero-order valence-electron chi connectivity index (χ0n) is 16.5. The molecule has 1 heterocycles. The Morgan fingerprint density at radius 2 is 1.27 bits per heavy atom. The third-order valence-electron chi connectivity index (χ3n) is 5.39. The van der Waals surface area contributed by atoms with E-state index in [1.165, 1.54) is 0 Å². The fourth-order valence-corrected chi connectivity index (χ4v) is 7.60. The molecule has 1 atom stereocenters. The molecule has 154 valence electrons. The van der Waals surface area contributed by atoms with Crippen LogP contribution < -0.4 is 14.7 Å². The van der Waals surface area contributed by atoms with Crippen molar-refractivity contribution in [2.75, 3.05) is 29.0 Å². The number of benzene rings is 3. The number of anilines is 2. The van der Waals surface area contributed by atoms with Crippen LogP contribution in [-0.4, -0.2) is 35.7 Å². The van der Waals surface area contributed by atoms with Crippen LogP contribution >= 0.6 is 7.79 Å². The fourth-order valence-electron chi connectivity index (χ4n) is 4.05. The van der Waals surface area contributed by atoms with E-state index in [1.54, 1.807) is 0 Å². The molecule has 1 fully saturated rings. The molecule has 0 spiro atoms. The molecule has 3 aromatic rings. The van der Waals surface area contributed by atoms with Gasteiger partial charge < -0.3 is 10.4 Å². The lowest BCUT2D eigenvalue weighted by atomic mass is 10.1. The summed E-state index contributed by atoms with van der Waals surface area (Å²) >= 11 is 0. The average Bonchev–Trinajstić information content (AvgIpc) is 3.13. The van der Waals surface area contributed by atoms with Gasteiger partial charge in [-0.25, -0.2) is 19.0 Å². The van der Waals surface area contributed by atoms with E-state index < -0.39 is 19.5 Å². The van der Waals surface area contributed by atoms with Gasteiger partial charge in [0.05, 0.1) is 31.0 Å². The summed E-state index contributed by atoms with van der Waals surface area (Å²) < 4.78 is 4.14. The molecule has 7 heteroatoms. The average molecular weight is 422 g/mol. The highest BCUT2D eigenvalue weighted by Crippen LogP contribution is 2.74. The number of para-hydroxylation sites is 2. The summed E-state index contributed by atoms with van der Waals surface area (Å²) in [5.74, 6) is 0. The second kappa shape index (κ2) is 8.74. The molecular weight excluding hydrogens is 397 g/mol. The molecule has 0 bridgehead atoms. The van der Waals surface area contributed by atoms with Crippen molar-refractivity contribution in [2.45, 2.75) is 5.66 Å². The Kier molecular flexibility index (Phi) is 5.88. The van der Waals surface area contributed by atoms with E-state index in [2.05, 4.69) is 14.7 Å². The molecule has 1 saturated heterocycles. The van der Waals surface area contributed by atoms with Crippen LogP contribution in [0, 0.1) is 0 Å². The molecule has 0 saturated carbocycles. The van der Waals surface area contributed by atoms with Gasteiger partial charge in [0.15, 0.2) is 5.66 Å². The van der Waals surface area contributed by atoms with Crippen LogP contribution in [0.1, 0.15) is 11.2 Å². The molecule has 1 aliphatic heterocycles. The Bertz CT molecular complexity index is 925. The van der Waals surface area contributed by atoms with Gasteiger partial charge >= 0.3 is 13.9 Å². The third-order valence-corrected chi connectivity index (χ3v) is 8.99. The molecule has 0 radical (unpaired) electrons. The van der Waals surface area contributed by atoms with E-state index in [0.29, 0.717) is 13.1 Å². The Morgan fingerprint density at radius 1 is 0.833 bits per heavy atom. The van der Waals surface area contributed by atoms with Crippen molar-refractivity contribution in [3.63, 3.8) is 0 Å². The van der Waals surface area contributed by atoms with Gasteiger partial charge in [0, 0.05) is 5.56 Å². The lowest BCUT2D eigenvalue weighted by Gasteiger charge is -2.37. The second-order valence-electron chi connectivity index (χ2n) is 7.14. The minimum absolute atomic E-state index is 0.121. The summed E-state index contributed by atoms with van der Waals surface area (Å²) in [5, 5.41) is 11.8. The van der Waals surface area contributed by atoms with Crippen molar-refractivity contribution < 1.29 is 14.8 Å². The number of carbonyl (C=O) groups is 1. The van der Waals surface area contributed by atoms with Crippen LogP contribution in [0.5, 0.6) is 0 Å². The van der Waals surface area contributed by atoms with Crippen LogP contribution in [0.15, 0.2) is 91.0 Å². The van der Waals surface area contributed by atoms with Gasteiger partial charge in [0.1, 0.15) is 0 Å². The van der Waals surface area contributed by atoms with E-state index >= 15 is 0 Å². The maximum Gasteiger partial charge on any atom is 0.404 e. The standard InChI is InChI=1S/C23H24N3O3P/c27-23(28)24-18-22(19-10-4-1-5-11-19)30(29)25(20-12-6-2-7-13-20)16-17-26(30)21-14-8-3-9-15-21/h1-15,22,24,29H,16-18H2/p+1. The van der Waals surface area contributed by atoms with E-state index in [-0.39, 0.29) is 6.54 Å². The van der Waals surface area contributed by atoms with Crippen LogP contribution in [0.25, 0.3) is 0 Å². The normalized spacial score (nSPS) is 16.3. The number of hydrogen-bond acceptors (Lipinski definition) is 4. The molecule has 0 aromatic heterocycles. The number of amides is 1. The largest absolute Gasteiger partial charge is 0.465 e. The first-order valence-electron chi connectivity index (χ1n) is 9.90. The minimum atomic E-state index is -3.03. The van der Waals surface area contributed by atoms with Crippen molar-refractivity contribution in [1.29, 1.82) is 0 Å². The molecule has 6 nitrogen and oxygen atoms in total. The highest BCUT2D eigenvalue weighted by molar-refractivity contribution is 7.74. The monoisotopic (exact) mass is 422 g/mol. The van der Waals surface area contributed by atoms with Gasteiger partial charge in [-0.1, -0.05) is 66.7 Å². The minimum Gasteiger partial charge on any atom is -0.465 e. The Labute approximate surface area is 176 Å². The Hall–Kier alpha value is -3.08. The SMILES string of the molecule is O=C(O)NCC(c1ccccc1)[P+]1(O)N(c2ccccc2)CCN1c1ccccc1. The molecule has 1 aliphatic rings. The quantitative estimate of drug-likeness (QED) is 0.499. The van der Waals surface area contributed by atoms with Crippen molar-refractivity contribution in [3.05, 3.63) is 96.6 Å². The van der Waals surface area contributed by atoms with Gasteiger partial charge in [-0.2, -0.15) is 0 Å². The topological polar surface area (TPSA) is 76.0 Å². The predicted octanol–water partition coefficient (Wildman–Crippen LogP) is 4.78. The smallest absolute Gasteiger partial charge is 0.404 e. The fraction of sp³-hybridized carbons (Fsp3) is 0.174. The van der Waals surface area contributed by atoms with Crippen LogP contribution in [0.3, 0.4) is 0 Å². The van der Waals surface area contributed by atoms with E-state index in [4.69, 9.17) is 0 Å². The number of rotatable bonds is 6. The number of nitrogens with zero attached hydrogens (tertiary/aromatic N) is 2. The number of hydrogen-bond donors (Lipinski definition) is 3. The Morgan fingerprint density at radius 3 is 1.70 bits per heavy atom. The molecule has 4 rings (SSSR count). The van der Waals surface area contributed by atoms with Gasteiger partial charge in [-0.05, 0) is 24.3 Å². The Balaban J connectivity index is 1.84. The van der Waals surface area contributed by atoms with Gasteiger partial charge in [0.2, 0.25) is 0 Å². The van der Waals surface area contributed by atoms with Crippen molar-refractivity contribution in [1.82, 2.24) is 5.32 Å². The third kappa shape index (κ3) is 3.84. The number of carboxylic acid groups (broad SMARTS) is 1. The van der Waals surface area contributed by atoms with E-state index in [1.807, 2.05) is 91.0 Å². The van der Waals surface area contributed by atoms with E-state index in [0.717, 1.165) is 16.9 Å². The summed E-state index contributed by atoms with van der Waals surface area (Å²) in [6.45, 7) is 1.43. The van der Waals surface area contributed by atoms with Gasteiger partial charge in [-0.3, -0.25) is 0 Å². The van der Waals surface area contributed by atoms with Crippen molar-refractivity contribution in [2.24, 2.45) is 0 Å². The first-order valence-corrected chi connectivity index (χ1v) is 11.6. The first kappa shape index (κ1) is 20.2. The number of nitrogens with one attached hydrogen (secondary N) is 1. The summed E-state index contributed by atoms with van der Waals surface area (Å²) in [6.07, 6.45) is -1.10. The van der Waals surface area contributed by atoms with Crippen LogP contribution in [0.4, 0.5) is 16.2 Å². The van der Waals surface area contributed by atoms with Crippen molar-refractivity contribution in [3.8, 4) is 0 Å².